The molecular weight excluding hydrogens is 260 g/mol. The van der Waals surface area contributed by atoms with Gasteiger partial charge < -0.3 is 10.2 Å². The Bertz CT molecular complexity index is 361. The average molecular weight is 292 g/mol. The summed E-state index contributed by atoms with van der Waals surface area (Å²) >= 11 is 0. The predicted octanol–water partition coefficient (Wildman–Crippen LogP) is 3.36. The highest BCUT2D eigenvalue weighted by Crippen LogP contribution is 2.32. The van der Waals surface area contributed by atoms with Gasteiger partial charge in [-0.15, -0.1) is 0 Å². The summed E-state index contributed by atoms with van der Waals surface area (Å²) in [5.41, 5.74) is 1.41. The standard InChI is InChI=1S/C18H32N2O/c1-14(2)5-4-6-15(3)19-13-16-9-11-20(12-10-16)18(21)17-7-8-17/h5,15-17,19H,4,6-13H2,1-3H3. The number of allylic oxidation sites excluding steroid dienone is 2. The Kier molecular flexibility index (Phi) is 6.28. The van der Waals surface area contributed by atoms with Gasteiger partial charge in [0.25, 0.3) is 0 Å². The smallest absolute Gasteiger partial charge is 0.225 e. The van der Waals surface area contributed by atoms with E-state index in [4.69, 9.17) is 0 Å². The zero-order valence-electron chi connectivity index (χ0n) is 14.0. The number of likely N-dealkylation sites (tertiary alicyclic amines) is 1. The molecule has 0 aromatic heterocycles. The van der Waals surface area contributed by atoms with E-state index in [0.717, 1.165) is 38.4 Å². The summed E-state index contributed by atoms with van der Waals surface area (Å²) in [4.78, 5) is 14.1. The van der Waals surface area contributed by atoms with Gasteiger partial charge in [-0.05, 0) is 71.8 Å². The lowest BCUT2D eigenvalue weighted by Gasteiger charge is -2.32. The Labute approximate surface area is 130 Å². The zero-order valence-corrected chi connectivity index (χ0v) is 14.0. The summed E-state index contributed by atoms with van der Waals surface area (Å²) in [7, 11) is 0. The van der Waals surface area contributed by atoms with E-state index >= 15 is 0 Å². The van der Waals surface area contributed by atoms with Gasteiger partial charge in [0.2, 0.25) is 5.91 Å². The van der Waals surface area contributed by atoms with Gasteiger partial charge in [-0.2, -0.15) is 0 Å². The van der Waals surface area contributed by atoms with Gasteiger partial charge >= 0.3 is 0 Å². The first kappa shape index (κ1) is 16.5. The number of carbonyl (C=O) groups excluding carboxylic acids is 1. The van der Waals surface area contributed by atoms with Crippen molar-refractivity contribution in [1.82, 2.24) is 10.2 Å². The second-order valence-electron chi connectivity index (χ2n) is 7.21. The van der Waals surface area contributed by atoms with E-state index in [9.17, 15) is 4.79 Å². The van der Waals surface area contributed by atoms with Crippen molar-refractivity contribution in [2.75, 3.05) is 19.6 Å². The van der Waals surface area contributed by atoms with Gasteiger partial charge in [0.1, 0.15) is 0 Å². The van der Waals surface area contributed by atoms with Crippen molar-refractivity contribution < 1.29 is 4.79 Å². The summed E-state index contributed by atoms with van der Waals surface area (Å²) in [6.07, 6.45) is 9.31. The molecule has 0 aromatic carbocycles. The Hall–Kier alpha value is -0.830. The third kappa shape index (κ3) is 5.82. The number of nitrogens with one attached hydrogen (secondary N) is 1. The molecule has 2 fully saturated rings. The molecule has 3 heteroatoms. The highest BCUT2D eigenvalue weighted by Gasteiger charge is 2.34. The molecule has 1 unspecified atom stereocenters. The maximum absolute atomic E-state index is 12.0. The van der Waals surface area contributed by atoms with E-state index in [1.54, 1.807) is 0 Å². The van der Waals surface area contributed by atoms with E-state index < -0.39 is 0 Å². The molecule has 0 bridgehead atoms. The first-order valence-corrected chi connectivity index (χ1v) is 8.71. The fourth-order valence-corrected chi connectivity index (χ4v) is 3.04. The molecule has 1 atom stereocenters. The van der Waals surface area contributed by atoms with E-state index in [1.807, 2.05) is 0 Å². The van der Waals surface area contributed by atoms with Crippen LogP contribution in [-0.4, -0.2) is 36.5 Å². The minimum absolute atomic E-state index is 0.384. The molecule has 1 amide bonds. The molecule has 21 heavy (non-hydrogen) atoms. The fourth-order valence-electron chi connectivity index (χ4n) is 3.04. The number of nitrogens with zero attached hydrogens (tertiary/aromatic N) is 1. The first-order valence-electron chi connectivity index (χ1n) is 8.71. The molecule has 0 spiro atoms. The number of piperidine rings is 1. The zero-order chi connectivity index (χ0) is 15.2. The molecule has 0 aromatic rings. The van der Waals surface area contributed by atoms with Crippen molar-refractivity contribution in [3.63, 3.8) is 0 Å². The minimum atomic E-state index is 0.384. The van der Waals surface area contributed by atoms with Crippen LogP contribution in [0.5, 0.6) is 0 Å². The Morgan fingerprint density at radius 2 is 1.90 bits per heavy atom. The van der Waals surface area contributed by atoms with Gasteiger partial charge in [-0.1, -0.05) is 11.6 Å². The van der Waals surface area contributed by atoms with E-state index in [0.29, 0.717) is 17.9 Å². The van der Waals surface area contributed by atoms with Crippen LogP contribution < -0.4 is 5.32 Å². The van der Waals surface area contributed by atoms with Crippen molar-refractivity contribution in [1.29, 1.82) is 0 Å². The molecule has 1 aliphatic heterocycles. The number of carbonyl (C=O) groups is 1. The van der Waals surface area contributed by atoms with Gasteiger partial charge in [0.05, 0.1) is 0 Å². The predicted molar refractivity (Wildman–Crippen MR) is 88.2 cm³/mol. The van der Waals surface area contributed by atoms with Crippen LogP contribution in [0, 0.1) is 11.8 Å². The highest BCUT2D eigenvalue weighted by molar-refractivity contribution is 5.81. The summed E-state index contributed by atoms with van der Waals surface area (Å²) in [5.74, 6) is 1.56. The molecule has 2 rings (SSSR count). The topological polar surface area (TPSA) is 32.3 Å². The van der Waals surface area contributed by atoms with Crippen LogP contribution in [0.3, 0.4) is 0 Å². The second-order valence-corrected chi connectivity index (χ2v) is 7.21. The van der Waals surface area contributed by atoms with Crippen LogP contribution in [0.25, 0.3) is 0 Å². The Morgan fingerprint density at radius 1 is 1.24 bits per heavy atom. The number of hydrogen-bond donors (Lipinski definition) is 1. The quantitative estimate of drug-likeness (QED) is 0.730. The van der Waals surface area contributed by atoms with E-state index in [1.165, 1.54) is 31.3 Å². The average Bonchev–Trinajstić information content (AvgIpc) is 3.29. The lowest BCUT2D eigenvalue weighted by molar-refractivity contribution is -0.133. The molecule has 0 radical (unpaired) electrons. The minimum Gasteiger partial charge on any atom is -0.342 e. The SMILES string of the molecule is CC(C)=CCCC(C)NCC1CCN(C(=O)C2CC2)CC1. The van der Waals surface area contributed by atoms with Crippen LogP contribution in [0.1, 0.15) is 59.3 Å². The molecule has 3 nitrogen and oxygen atoms in total. The lowest BCUT2D eigenvalue weighted by atomic mass is 9.96. The van der Waals surface area contributed by atoms with Gasteiger partial charge in [0.15, 0.2) is 0 Å². The normalized spacial score (nSPS) is 21.2. The Balaban J connectivity index is 1.57. The van der Waals surface area contributed by atoms with Crippen molar-refractivity contribution in [2.45, 2.75) is 65.3 Å². The maximum atomic E-state index is 12.0. The second kappa shape index (κ2) is 7.98. The van der Waals surface area contributed by atoms with Crippen LogP contribution in [0.2, 0.25) is 0 Å². The third-order valence-electron chi connectivity index (χ3n) is 4.76. The summed E-state index contributed by atoms with van der Waals surface area (Å²) in [6.45, 7) is 9.68. The number of amides is 1. The van der Waals surface area contributed by atoms with Crippen molar-refractivity contribution in [3.05, 3.63) is 11.6 Å². The van der Waals surface area contributed by atoms with Crippen molar-refractivity contribution in [3.8, 4) is 0 Å². The van der Waals surface area contributed by atoms with Gasteiger partial charge in [-0.3, -0.25) is 4.79 Å². The number of hydrogen-bond acceptors (Lipinski definition) is 2. The highest BCUT2D eigenvalue weighted by atomic mass is 16.2. The van der Waals surface area contributed by atoms with E-state index in [2.05, 4.69) is 37.1 Å². The van der Waals surface area contributed by atoms with Gasteiger partial charge in [0, 0.05) is 25.0 Å². The molecule has 1 saturated heterocycles. The molecular formula is C18H32N2O. The molecule has 1 saturated carbocycles. The summed E-state index contributed by atoms with van der Waals surface area (Å²) < 4.78 is 0. The third-order valence-corrected chi connectivity index (χ3v) is 4.76. The summed E-state index contributed by atoms with van der Waals surface area (Å²) in [6, 6.07) is 0.590. The molecule has 1 heterocycles. The lowest BCUT2D eigenvalue weighted by Crippen LogP contribution is -2.42. The summed E-state index contributed by atoms with van der Waals surface area (Å²) in [5, 5.41) is 3.67. The fraction of sp³-hybridized carbons (Fsp3) is 0.833. The van der Waals surface area contributed by atoms with Crippen LogP contribution in [0.4, 0.5) is 0 Å². The maximum Gasteiger partial charge on any atom is 0.225 e. The molecule has 120 valence electrons. The van der Waals surface area contributed by atoms with Crippen LogP contribution >= 0.6 is 0 Å². The largest absolute Gasteiger partial charge is 0.342 e. The first-order chi connectivity index (χ1) is 10.1. The monoisotopic (exact) mass is 292 g/mol. The van der Waals surface area contributed by atoms with Gasteiger partial charge in [-0.25, -0.2) is 0 Å². The van der Waals surface area contributed by atoms with Crippen molar-refractivity contribution in [2.24, 2.45) is 11.8 Å². The van der Waals surface area contributed by atoms with E-state index in [-0.39, 0.29) is 0 Å². The van der Waals surface area contributed by atoms with Crippen LogP contribution in [0.15, 0.2) is 11.6 Å². The molecule has 1 N–H and O–H groups in total. The Morgan fingerprint density at radius 3 is 2.48 bits per heavy atom. The molecule has 2 aliphatic rings. The molecule has 1 aliphatic carbocycles. The van der Waals surface area contributed by atoms with Crippen molar-refractivity contribution >= 4 is 5.91 Å². The van der Waals surface area contributed by atoms with Crippen LogP contribution in [-0.2, 0) is 4.79 Å². The number of rotatable bonds is 7.